The molecular formula is C18H24N4O. The summed E-state index contributed by atoms with van der Waals surface area (Å²) in [5, 5.41) is 4.10. The lowest BCUT2D eigenvalue weighted by Crippen LogP contribution is -2.48. The van der Waals surface area contributed by atoms with Gasteiger partial charge in [0.1, 0.15) is 5.69 Å². The molecule has 122 valence electrons. The Labute approximate surface area is 137 Å². The fourth-order valence-corrected chi connectivity index (χ4v) is 3.25. The second-order valence-electron chi connectivity index (χ2n) is 6.29. The summed E-state index contributed by atoms with van der Waals surface area (Å²) in [5.74, 6) is 0.0859. The fourth-order valence-electron chi connectivity index (χ4n) is 3.25. The minimum Gasteiger partial charge on any atom is -0.336 e. The molecule has 2 aromatic rings. The van der Waals surface area contributed by atoms with Crippen molar-refractivity contribution in [2.45, 2.75) is 25.4 Å². The smallest absolute Gasteiger partial charge is 0.272 e. The van der Waals surface area contributed by atoms with E-state index in [1.54, 1.807) is 16.9 Å². The molecule has 2 heterocycles. The summed E-state index contributed by atoms with van der Waals surface area (Å²) in [7, 11) is 3.96. The third-order valence-electron chi connectivity index (χ3n) is 4.62. The van der Waals surface area contributed by atoms with Gasteiger partial charge in [-0.1, -0.05) is 30.3 Å². The molecule has 3 rings (SSSR count). The number of hydrogen-bond acceptors (Lipinski definition) is 3. The number of carbonyl (C=O) groups excluding carboxylic acids is 1. The topological polar surface area (TPSA) is 41.4 Å². The summed E-state index contributed by atoms with van der Waals surface area (Å²) in [6, 6.07) is 12.7. The molecule has 5 heteroatoms. The molecule has 0 saturated carbocycles. The monoisotopic (exact) mass is 312 g/mol. The number of nitrogens with zero attached hydrogens (tertiary/aromatic N) is 4. The molecule has 1 aromatic carbocycles. The minimum absolute atomic E-state index is 0.0859. The van der Waals surface area contributed by atoms with E-state index in [1.807, 2.05) is 18.0 Å². The molecule has 1 aliphatic heterocycles. The van der Waals surface area contributed by atoms with Gasteiger partial charge in [-0.15, -0.1) is 0 Å². The van der Waals surface area contributed by atoms with Crippen LogP contribution in [0.15, 0.2) is 42.6 Å². The lowest BCUT2D eigenvalue weighted by molar-refractivity contribution is 0.0592. The predicted octanol–water partition coefficient (Wildman–Crippen LogP) is 2.16. The van der Waals surface area contributed by atoms with Crippen LogP contribution in [0.5, 0.6) is 0 Å². The number of likely N-dealkylation sites (N-methyl/N-ethyl adjacent to an activating group) is 1. The van der Waals surface area contributed by atoms with Gasteiger partial charge in [0.05, 0.1) is 0 Å². The Morgan fingerprint density at radius 1 is 1.30 bits per heavy atom. The molecule has 0 N–H and O–H groups in total. The average molecular weight is 312 g/mol. The van der Waals surface area contributed by atoms with Crippen LogP contribution in [-0.4, -0.2) is 51.7 Å². The zero-order valence-corrected chi connectivity index (χ0v) is 13.9. The maximum atomic E-state index is 12.7. The van der Waals surface area contributed by atoms with E-state index in [4.69, 9.17) is 0 Å². The van der Waals surface area contributed by atoms with Crippen LogP contribution >= 0.6 is 0 Å². The number of piperidine rings is 1. The van der Waals surface area contributed by atoms with Crippen LogP contribution in [0.4, 0.5) is 0 Å². The average Bonchev–Trinajstić information content (AvgIpc) is 3.01. The first kappa shape index (κ1) is 15.7. The number of carbonyl (C=O) groups is 1. The van der Waals surface area contributed by atoms with E-state index < -0.39 is 0 Å². The SMILES string of the molecule is CN(Cc1ccccc1)[C@H]1CCCN(C(=O)c2ccnn2C)C1. The first-order valence-corrected chi connectivity index (χ1v) is 8.16. The van der Waals surface area contributed by atoms with Gasteiger partial charge >= 0.3 is 0 Å². The molecule has 0 spiro atoms. The van der Waals surface area contributed by atoms with Crippen molar-refractivity contribution in [1.82, 2.24) is 19.6 Å². The third-order valence-corrected chi connectivity index (χ3v) is 4.62. The molecule has 1 amide bonds. The van der Waals surface area contributed by atoms with Crippen molar-refractivity contribution in [2.75, 3.05) is 20.1 Å². The van der Waals surface area contributed by atoms with Crippen molar-refractivity contribution in [3.8, 4) is 0 Å². The summed E-state index contributed by atoms with van der Waals surface area (Å²) >= 11 is 0. The van der Waals surface area contributed by atoms with Crippen molar-refractivity contribution in [2.24, 2.45) is 7.05 Å². The second-order valence-corrected chi connectivity index (χ2v) is 6.29. The molecule has 5 nitrogen and oxygen atoms in total. The van der Waals surface area contributed by atoms with Gasteiger partial charge < -0.3 is 4.90 Å². The number of rotatable bonds is 4. The van der Waals surface area contributed by atoms with Gasteiger partial charge in [-0.25, -0.2) is 0 Å². The second kappa shape index (κ2) is 6.96. The van der Waals surface area contributed by atoms with Gasteiger partial charge in [-0.2, -0.15) is 5.10 Å². The molecule has 0 unspecified atom stereocenters. The Balaban J connectivity index is 1.64. The van der Waals surface area contributed by atoms with E-state index >= 15 is 0 Å². The lowest BCUT2D eigenvalue weighted by atomic mass is 10.0. The Bertz CT molecular complexity index is 652. The summed E-state index contributed by atoms with van der Waals surface area (Å²) in [6.45, 7) is 2.53. The Hall–Kier alpha value is -2.14. The Morgan fingerprint density at radius 2 is 2.09 bits per heavy atom. The highest BCUT2D eigenvalue weighted by atomic mass is 16.2. The third kappa shape index (κ3) is 3.62. The molecule has 23 heavy (non-hydrogen) atoms. The summed E-state index contributed by atoms with van der Waals surface area (Å²) in [5.41, 5.74) is 1.97. The van der Waals surface area contributed by atoms with Crippen molar-refractivity contribution in [3.63, 3.8) is 0 Å². The van der Waals surface area contributed by atoms with Crippen LogP contribution in [0, 0.1) is 0 Å². The van der Waals surface area contributed by atoms with Crippen molar-refractivity contribution >= 4 is 5.91 Å². The number of hydrogen-bond donors (Lipinski definition) is 0. The summed E-state index contributed by atoms with van der Waals surface area (Å²) < 4.78 is 1.65. The number of likely N-dealkylation sites (tertiary alicyclic amines) is 1. The maximum Gasteiger partial charge on any atom is 0.272 e. The summed E-state index contributed by atoms with van der Waals surface area (Å²) in [6.07, 6.45) is 3.86. The molecule has 0 radical (unpaired) electrons. The molecule has 1 saturated heterocycles. The highest BCUT2D eigenvalue weighted by Crippen LogP contribution is 2.18. The number of aromatic nitrogens is 2. The number of benzene rings is 1. The fraction of sp³-hybridized carbons (Fsp3) is 0.444. The highest BCUT2D eigenvalue weighted by molar-refractivity contribution is 5.92. The van der Waals surface area contributed by atoms with E-state index in [2.05, 4.69) is 41.3 Å². The van der Waals surface area contributed by atoms with Crippen molar-refractivity contribution < 1.29 is 4.79 Å². The van der Waals surface area contributed by atoms with Gasteiger partial charge in [0, 0.05) is 38.9 Å². The van der Waals surface area contributed by atoms with E-state index in [0.717, 1.165) is 32.5 Å². The molecule has 1 aromatic heterocycles. The van der Waals surface area contributed by atoms with E-state index in [0.29, 0.717) is 11.7 Å². The highest BCUT2D eigenvalue weighted by Gasteiger charge is 2.27. The number of aryl methyl sites for hydroxylation is 1. The number of amides is 1. The zero-order valence-electron chi connectivity index (χ0n) is 13.9. The normalized spacial score (nSPS) is 18.4. The van der Waals surface area contributed by atoms with Gasteiger partial charge in [0.25, 0.3) is 5.91 Å². The Morgan fingerprint density at radius 3 is 2.78 bits per heavy atom. The van der Waals surface area contributed by atoms with E-state index in [9.17, 15) is 4.79 Å². The van der Waals surface area contributed by atoms with Crippen LogP contribution in [0.3, 0.4) is 0 Å². The summed E-state index contributed by atoms with van der Waals surface area (Å²) in [4.78, 5) is 17.0. The van der Waals surface area contributed by atoms with Crippen molar-refractivity contribution in [1.29, 1.82) is 0 Å². The van der Waals surface area contributed by atoms with Gasteiger partial charge in [0.2, 0.25) is 0 Å². The standard InChI is InChI=1S/C18H24N4O/c1-20(13-15-7-4-3-5-8-15)16-9-6-12-22(14-16)18(23)17-10-11-19-21(17)2/h3-5,7-8,10-11,16H,6,9,12-14H2,1-2H3/t16-/m0/s1. The predicted molar refractivity (Wildman–Crippen MR) is 90.0 cm³/mol. The quantitative estimate of drug-likeness (QED) is 0.869. The molecule has 1 fully saturated rings. The van der Waals surface area contributed by atoms with E-state index in [-0.39, 0.29) is 5.91 Å². The van der Waals surface area contributed by atoms with Crippen LogP contribution in [0.25, 0.3) is 0 Å². The lowest BCUT2D eigenvalue weighted by Gasteiger charge is -2.37. The van der Waals surface area contributed by atoms with E-state index in [1.165, 1.54) is 5.56 Å². The van der Waals surface area contributed by atoms with Gasteiger partial charge in [0.15, 0.2) is 0 Å². The maximum absolute atomic E-state index is 12.7. The first-order chi connectivity index (χ1) is 11.1. The zero-order chi connectivity index (χ0) is 16.2. The molecular weight excluding hydrogens is 288 g/mol. The van der Waals surface area contributed by atoms with Crippen LogP contribution < -0.4 is 0 Å². The minimum atomic E-state index is 0.0859. The Kier molecular flexibility index (Phi) is 4.76. The first-order valence-electron chi connectivity index (χ1n) is 8.16. The largest absolute Gasteiger partial charge is 0.336 e. The molecule has 1 atom stereocenters. The van der Waals surface area contributed by atoms with Crippen LogP contribution in [0.2, 0.25) is 0 Å². The molecule has 0 bridgehead atoms. The van der Waals surface area contributed by atoms with Crippen LogP contribution in [0.1, 0.15) is 28.9 Å². The van der Waals surface area contributed by atoms with Crippen LogP contribution in [-0.2, 0) is 13.6 Å². The molecule has 0 aliphatic carbocycles. The van der Waals surface area contributed by atoms with Crippen molar-refractivity contribution in [3.05, 3.63) is 53.9 Å². The van der Waals surface area contributed by atoms with Gasteiger partial charge in [-0.05, 0) is 31.5 Å². The molecule has 1 aliphatic rings. The van der Waals surface area contributed by atoms with Gasteiger partial charge in [-0.3, -0.25) is 14.4 Å².